The third-order valence-corrected chi connectivity index (χ3v) is 2.57. The highest BCUT2D eigenvalue weighted by Gasteiger charge is 2.13. The second-order valence-corrected chi connectivity index (χ2v) is 4.51. The van der Waals surface area contributed by atoms with Crippen LogP contribution in [0.1, 0.15) is 6.42 Å². The molecular weight excluding hydrogens is 248 g/mol. The highest BCUT2D eigenvalue weighted by molar-refractivity contribution is 5.85. The predicted molar refractivity (Wildman–Crippen MR) is 73.7 cm³/mol. The lowest BCUT2D eigenvalue weighted by Gasteiger charge is -2.23. The molecule has 0 aromatic carbocycles. The molecule has 0 unspecified atom stereocenters. The number of carbonyl (C=O) groups excluding carboxylic acids is 2. The number of nitrogens with one attached hydrogen (secondary N) is 1. The van der Waals surface area contributed by atoms with Gasteiger partial charge in [0.15, 0.2) is 0 Å². The molecular formula is C12H26N4O3. The van der Waals surface area contributed by atoms with Gasteiger partial charge in [-0.15, -0.1) is 0 Å². The van der Waals surface area contributed by atoms with Gasteiger partial charge in [0.2, 0.25) is 11.8 Å². The molecule has 0 saturated heterocycles. The minimum Gasteiger partial charge on any atom is -0.383 e. The van der Waals surface area contributed by atoms with Gasteiger partial charge in [0.05, 0.1) is 19.7 Å². The molecule has 3 N–H and O–H groups in total. The molecule has 112 valence electrons. The maximum atomic E-state index is 11.9. The Morgan fingerprint density at radius 3 is 2.42 bits per heavy atom. The number of methoxy groups -OCH3 is 1. The van der Waals surface area contributed by atoms with Crippen molar-refractivity contribution in [2.75, 3.05) is 60.5 Å². The molecule has 2 amide bonds. The maximum absolute atomic E-state index is 11.9. The van der Waals surface area contributed by atoms with E-state index in [1.807, 2.05) is 14.1 Å². The fourth-order valence-corrected chi connectivity index (χ4v) is 1.50. The molecule has 19 heavy (non-hydrogen) atoms. The summed E-state index contributed by atoms with van der Waals surface area (Å²) in [6, 6.07) is 0. The Bertz CT molecular complexity index is 272. The molecule has 0 spiro atoms. The molecule has 0 heterocycles. The molecule has 0 aliphatic heterocycles. The highest BCUT2D eigenvalue weighted by atomic mass is 16.5. The van der Waals surface area contributed by atoms with Gasteiger partial charge in [-0.3, -0.25) is 9.59 Å². The summed E-state index contributed by atoms with van der Waals surface area (Å²) in [7, 11) is 5.57. The van der Waals surface area contributed by atoms with E-state index in [9.17, 15) is 9.59 Å². The Morgan fingerprint density at radius 1 is 1.21 bits per heavy atom. The minimum atomic E-state index is -0.326. The van der Waals surface area contributed by atoms with E-state index < -0.39 is 0 Å². The summed E-state index contributed by atoms with van der Waals surface area (Å²) < 4.78 is 4.99. The average molecular weight is 274 g/mol. The Morgan fingerprint density at radius 2 is 1.89 bits per heavy atom. The summed E-state index contributed by atoms with van der Waals surface area (Å²) in [5.74, 6) is -0.439. The van der Waals surface area contributed by atoms with Gasteiger partial charge in [0.25, 0.3) is 0 Å². The van der Waals surface area contributed by atoms with Gasteiger partial charge in [0.1, 0.15) is 0 Å². The van der Waals surface area contributed by atoms with E-state index in [4.69, 9.17) is 10.5 Å². The standard InChI is InChI=1S/C12H26N4O3/c1-15(2)5-4-6-16(7-8-19-3)12(18)10-14-11(17)9-13/h4-10,13H2,1-3H3,(H,14,17). The van der Waals surface area contributed by atoms with Crippen LogP contribution >= 0.6 is 0 Å². The van der Waals surface area contributed by atoms with E-state index in [0.29, 0.717) is 19.7 Å². The first-order valence-electron chi connectivity index (χ1n) is 6.39. The zero-order chi connectivity index (χ0) is 14.7. The summed E-state index contributed by atoms with van der Waals surface area (Å²) in [6.45, 7) is 2.46. The molecule has 0 radical (unpaired) electrons. The van der Waals surface area contributed by atoms with Crippen LogP contribution in [0.2, 0.25) is 0 Å². The molecule has 0 atom stereocenters. The van der Waals surface area contributed by atoms with E-state index >= 15 is 0 Å². The lowest BCUT2D eigenvalue weighted by Crippen LogP contribution is -2.43. The van der Waals surface area contributed by atoms with E-state index in [-0.39, 0.29) is 24.9 Å². The zero-order valence-electron chi connectivity index (χ0n) is 12.1. The van der Waals surface area contributed by atoms with Gasteiger partial charge < -0.3 is 25.6 Å². The number of rotatable bonds is 10. The SMILES string of the molecule is COCCN(CCCN(C)C)C(=O)CNC(=O)CN. The topological polar surface area (TPSA) is 87.9 Å². The molecule has 0 fully saturated rings. The summed E-state index contributed by atoms with van der Waals surface area (Å²) in [4.78, 5) is 26.7. The molecule has 0 aromatic heterocycles. The van der Waals surface area contributed by atoms with Crippen molar-refractivity contribution in [3.8, 4) is 0 Å². The van der Waals surface area contributed by atoms with Crippen molar-refractivity contribution in [3.05, 3.63) is 0 Å². The normalized spacial score (nSPS) is 10.6. The van der Waals surface area contributed by atoms with Crippen LogP contribution in [0.15, 0.2) is 0 Å². The van der Waals surface area contributed by atoms with Gasteiger partial charge in [0, 0.05) is 20.2 Å². The smallest absolute Gasteiger partial charge is 0.242 e. The van der Waals surface area contributed by atoms with E-state index in [1.165, 1.54) is 0 Å². The summed E-state index contributed by atoms with van der Waals surface area (Å²) in [6.07, 6.45) is 0.882. The third-order valence-electron chi connectivity index (χ3n) is 2.57. The number of amides is 2. The Hall–Kier alpha value is -1.18. The summed E-state index contributed by atoms with van der Waals surface area (Å²) in [5, 5.41) is 2.48. The second-order valence-electron chi connectivity index (χ2n) is 4.51. The fraction of sp³-hybridized carbons (Fsp3) is 0.833. The molecule has 0 aromatic rings. The predicted octanol–water partition coefficient (Wildman–Crippen LogP) is -1.51. The van der Waals surface area contributed by atoms with Crippen molar-refractivity contribution in [2.45, 2.75) is 6.42 Å². The number of nitrogens with two attached hydrogens (primary N) is 1. The van der Waals surface area contributed by atoms with Crippen LogP contribution in [-0.4, -0.2) is 82.1 Å². The van der Waals surface area contributed by atoms with Gasteiger partial charge in [-0.05, 0) is 27.1 Å². The third kappa shape index (κ3) is 9.40. The van der Waals surface area contributed by atoms with Crippen molar-refractivity contribution in [1.29, 1.82) is 0 Å². The summed E-state index contributed by atoms with van der Waals surface area (Å²) >= 11 is 0. The quantitative estimate of drug-likeness (QED) is 0.505. The highest BCUT2D eigenvalue weighted by Crippen LogP contribution is 1.94. The first-order chi connectivity index (χ1) is 9.01. The van der Waals surface area contributed by atoms with Gasteiger partial charge >= 0.3 is 0 Å². The Balaban J connectivity index is 4.14. The maximum Gasteiger partial charge on any atom is 0.242 e. The van der Waals surface area contributed by atoms with Crippen molar-refractivity contribution < 1.29 is 14.3 Å². The molecule has 0 aliphatic rings. The molecule has 0 bridgehead atoms. The van der Waals surface area contributed by atoms with E-state index in [1.54, 1.807) is 12.0 Å². The zero-order valence-corrected chi connectivity index (χ0v) is 12.1. The van der Waals surface area contributed by atoms with Crippen molar-refractivity contribution in [1.82, 2.24) is 15.1 Å². The molecule has 7 heteroatoms. The molecule has 0 aliphatic carbocycles. The van der Waals surface area contributed by atoms with Crippen LogP contribution in [0.25, 0.3) is 0 Å². The monoisotopic (exact) mass is 274 g/mol. The van der Waals surface area contributed by atoms with Crippen molar-refractivity contribution >= 4 is 11.8 Å². The van der Waals surface area contributed by atoms with Gasteiger partial charge in [-0.1, -0.05) is 0 Å². The van der Waals surface area contributed by atoms with Crippen molar-refractivity contribution in [3.63, 3.8) is 0 Å². The van der Waals surface area contributed by atoms with Crippen LogP contribution in [0.3, 0.4) is 0 Å². The number of ether oxygens (including phenoxy) is 1. The van der Waals surface area contributed by atoms with Crippen LogP contribution in [-0.2, 0) is 14.3 Å². The van der Waals surface area contributed by atoms with Crippen molar-refractivity contribution in [2.24, 2.45) is 5.73 Å². The largest absolute Gasteiger partial charge is 0.383 e. The molecule has 0 rings (SSSR count). The first-order valence-corrected chi connectivity index (χ1v) is 6.39. The fourth-order valence-electron chi connectivity index (χ4n) is 1.50. The Kier molecular flexibility index (Phi) is 10.1. The van der Waals surface area contributed by atoms with Gasteiger partial charge in [-0.2, -0.15) is 0 Å². The number of carbonyl (C=O) groups is 2. The van der Waals surface area contributed by atoms with E-state index in [2.05, 4.69) is 10.2 Å². The number of hydrogen-bond donors (Lipinski definition) is 2. The molecule has 0 saturated carbocycles. The minimum absolute atomic E-state index is 0.0122. The lowest BCUT2D eigenvalue weighted by molar-refractivity contribution is -0.133. The average Bonchev–Trinajstić information content (AvgIpc) is 2.38. The first kappa shape index (κ1) is 17.8. The molecule has 7 nitrogen and oxygen atoms in total. The van der Waals surface area contributed by atoms with E-state index in [0.717, 1.165) is 13.0 Å². The van der Waals surface area contributed by atoms with Crippen LogP contribution in [0.4, 0.5) is 0 Å². The van der Waals surface area contributed by atoms with Crippen LogP contribution < -0.4 is 11.1 Å². The lowest BCUT2D eigenvalue weighted by atomic mass is 10.3. The summed E-state index contributed by atoms with van der Waals surface area (Å²) in [5.41, 5.74) is 5.17. The van der Waals surface area contributed by atoms with Crippen LogP contribution in [0, 0.1) is 0 Å². The van der Waals surface area contributed by atoms with Gasteiger partial charge in [-0.25, -0.2) is 0 Å². The Labute approximate surface area is 115 Å². The second kappa shape index (κ2) is 10.7. The van der Waals surface area contributed by atoms with Crippen LogP contribution in [0.5, 0.6) is 0 Å². The number of nitrogens with zero attached hydrogens (tertiary/aromatic N) is 2. The number of hydrogen-bond acceptors (Lipinski definition) is 5.